The molecule has 0 amide bonds. The van der Waals surface area contributed by atoms with Gasteiger partial charge in [0.15, 0.2) is 6.10 Å². The highest BCUT2D eigenvalue weighted by molar-refractivity contribution is 5.71. The van der Waals surface area contributed by atoms with Gasteiger partial charge in [0.25, 0.3) is 0 Å². The molecule has 0 saturated heterocycles. The molecule has 0 saturated carbocycles. The number of allylic oxidation sites excluding steroid dienone is 12. The van der Waals surface area contributed by atoms with Gasteiger partial charge in [-0.1, -0.05) is 216 Å². The molecule has 0 aromatic heterocycles. The Morgan fingerprint density at radius 1 is 0.361 bits per heavy atom. The van der Waals surface area contributed by atoms with Gasteiger partial charge >= 0.3 is 17.9 Å². The first-order valence-electron chi connectivity index (χ1n) is 25.5. The highest BCUT2D eigenvalue weighted by atomic mass is 16.6. The van der Waals surface area contributed by atoms with Crippen molar-refractivity contribution >= 4 is 17.9 Å². The van der Waals surface area contributed by atoms with Crippen LogP contribution >= 0.6 is 0 Å². The molecular weight excluding hydrogens is 757 g/mol. The topological polar surface area (TPSA) is 78.9 Å². The normalized spacial score (nSPS) is 12.6. The Kier molecular flexibility index (Phi) is 46.9. The van der Waals surface area contributed by atoms with E-state index in [1.807, 2.05) is 0 Å². The summed E-state index contributed by atoms with van der Waals surface area (Å²) in [4.78, 5) is 37.9. The summed E-state index contributed by atoms with van der Waals surface area (Å²) < 4.78 is 16.7. The highest BCUT2D eigenvalue weighted by Crippen LogP contribution is 2.14. The number of carbonyl (C=O) groups excluding carboxylic acids is 3. The lowest BCUT2D eigenvalue weighted by Gasteiger charge is -2.18. The van der Waals surface area contributed by atoms with Crippen LogP contribution in [0.4, 0.5) is 0 Å². The average Bonchev–Trinajstić information content (AvgIpc) is 3.26. The van der Waals surface area contributed by atoms with Crippen molar-refractivity contribution in [2.75, 3.05) is 13.2 Å². The van der Waals surface area contributed by atoms with Crippen LogP contribution in [0.5, 0.6) is 0 Å². The molecule has 0 radical (unpaired) electrons. The number of carbonyl (C=O) groups is 3. The maximum Gasteiger partial charge on any atom is 0.306 e. The minimum atomic E-state index is -0.793. The van der Waals surface area contributed by atoms with Gasteiger partial charge in [-0.15, -0.1) is 0 Å². The molecule has 6 nitrogen and oxygen atoms in total. The number of esters is 3. The van der Waals surface area contributed by atoms with Crippen molar-refractivity contribution < 1.29 is 28.6 Å². The zero-order chi connectivity index (χ0) is 44.4. The lowest BCUT2D eigenvalue weighted by atomic mass is 10.1. The Balaban J connectivity index is 4.43. The van der Waals surface area contributed by atoms with Crippen LogP contribution in [0.25, 0.3) is 0 Å². The molecule has 0 bridgehead atoms. The summed E-state index contributed by atoms with van der Waals surface area (Å²) in [5.74, 6) is -0.933. The van der Waals surface area contributed by atoms with Crippen molar-refractivity contribution in [2.24, 2.45) is 0 Å². The van der Waals surface area contributed by atoms with Gasteiger partial charge < -0.3 is 14.2 Å². The van der Waals surface area contributed by atoms with Gasteiger partial charge in [0.05, 0.1) is 0 Å². The summed E-state index contributed by atoms with van der Waals surface area (Å²) in [7, 11) is 0. The fraction of sp³-hybridized carbons (Fsp3) is 0.727. The highest BCUT2D eigenvalue weighted by Gasteiger charge is 2.19. The predicted octanol–water partition coefficient (Wildman–Crippen LogP) is 16.6. The predicted molar refractivity (Wildman–Crippen MR) is 261 cm³/mol. The third kappa shape index (κ3) is 47.7. The van der Waals surface area contributed by atoms with Gasteiger partial charge in [-0.25, -0.2) is 0 Å². The molecular formula is C55H94O6. The van der Waals surface area contributed by atoms with Crippen molar-refractivity contribution in [3.63, 3.8) is 0 Å². The summed E-state index contributed by atoms with van der Waals surface area (Å²) >= 11 is 0. The van der Waals surface area contributed by atoms with E-state index in [-0.39, 0.29) is 31.1 Å². The molecule has 0 aromatic rings. The van der Waals surface area contributed by atoms with Crippen LogP contribution in [-0.2, 0) is 28.6 Å². The van der Waals surface area contributed by atoms with E-state index in [9.17, 15) is 14.4 Å². The van der Waals surface area contributed by atoms with E-state index in [0.717, 1.165) is 109 Å². The van der Waals surface area contributed by atoms with E-state index >= 15 is 0 Å². The zero-order valence-electron chi connectivity index (χ0n) is 39.9. The van der Waals surface area contributed by atoms with Crippen molar-refractivity contribution in [3.05, 3.63) is 72.9 Å². The first-order valence-corrected chi connectivity index (χ1v) is 25.5. The maximum atomic E-state index is 12.8. The first kappa shape index (κ1) is 57.9. The average molecular weight is 851 g/mol. The molecule has 1 atom stereocenters. The van der Waals surface area contributed by atoms with E-state index in [1.165, 1.54) is 89.9 Å². The van der Waals surface area contributed by atoms with Gasteiger partial charge in [0.2, 0.25) is 0 Å². The Morgan fingerprint density at radius 3 is 1.13 bits per heavy atom. The fourth-order valence-corrected chi connectivity index (χ4v) is 6.93. The van der Waals surface area contributed by atoms with Crippen molar-refractivity contribution in [1.29, 1.82) is 0 Å². The molecule has 0 N–H and O–H groups in total. The lowest BCUT2D eigenvalue weighted by molar-refractivity contribution is -0.167. The summed E-state index contributed by atoms with van der Waals surface area (Å²) in [5, 5.41) is 0. The van der Waals surface area contributed by atoms with Crippen LogP contribution in [0.3, 0.4) is 0 Å². The van der Waals surface area contributed by atoms with Crippen molar-refractivity contribution in [2.45, 2.75) is 245 Å². The molecule has 0 aliphatic rings. The molecule has 350 valence electrons. The summed E-state index contributed by atoms with van der Waals surface area (Å²) in [6.07, 6.45) is 61.7. The number of ether oxygens (including phenoxy) is 3. The Morgan fingerprint density at radius 2 is 0.705 bits per heavy atom. The van der Waals surface area contributed by atoms with Crippen LogP contribution in [0.2, 0.25) is 0 Å². The van der Waals surface area contributed by atoms with Gasteiger partial charge in [0, 0.05) is 19.3 Å². The standard InChI is InChI=1S/C55H94O6/c1-4-7-10-13-16-19-22-24-26-27-28-29-31-33-36-39-42-45-48-54(57)60-51-52(50-59-53(56)47-44-41-38-35-32-21-18-15-12-9-6-3)61-55(58)49-46-43-40-37-34-30-25-23-20-17-14-11-8-5-2/h8,11,17,20,22,24-30,52H,4-7,9-10,12-16,18-19,21,23,31-51H2,1-3H3/b11-8-,20-17-,24-22-,27-26-,29-28-,30-25-. The Labute approximate surface area is 376 Å². The molecule has 0 rings (SSSR count). The van der Waals surface area contributed by atoms with Gasteiger partial charge in [-0.3, -0.25) is 14.4 Å². The smallest absolute Gasteiger partial charge is 0.306 e. The summed E-state index contributed by atoms with van der Waals surface area (Å²) in [5.41, 5.74) is 0. The molecule has 0 heterocycles. The van der Waals surface area contributed by atoms with Crippen LogP contribution < -0.4 is 0 Å². The van der Waals surface area contributed by atoms with E-state index in [1.54, 1.807) is 0 Å². The van der Waals surface area contributed by atoms with Crippen molar-refractivity contribution in [1.82, 2.24) is 0 Å². The molecule has 6 heteroatoms. The van der Waals surface area contributed by atoms with E-state index in [2.05, 4.69) is 93.7 Å². The largest absolute Gasteiger partial charge is 0.462 e. The molecule has 0 spiro atoms. The van der Waals surface area contributed by atoms with Gasteiger partial charge in [-0.05, 0) is 77.0 Å². The monoisotopic (exact) mass is 851 g/mol. The number of rotatable bonds is 45. The molecule has 0 aliphatic carbocycles. The Hall–Kier alpha value is -3.15. The molecule has 0 aliphatic heterocycles. The molecule has 0 fully saturated rings. The van der Waals surface area contributed by atoms with Crippen molar-refractivity contribution in [3.8, 4) is 0 Å². The second-order valence-electron chi connectivity index (χ2n) is 16.8. The van der Waals surface area contributed by atoms with Gasteiger partial charge in [-0.2, -0.15) is 0 Å². The number of unbranched alkanes of at least 4 members (excludes halogenated alkanes) is 24. The van der Waals surface area contributed by atoms with Crippen LogP contribution in [-0.4, -0.2) is 37.2 Å². The SMILES string of the molecule is CC/C=C\C/C=C\C/C=C\CCCCCCC(=O)OC(COC(=O)CCCCCCC\C=C/C=C\C=C/CCCCCCC)COC(=O)CCCCCCCCCCCCC. The number of hydrogen-bond acceptors (Lipinski definition) is 6. The van der Waals surface area contributed by atoms with Crippen LogP contribution in [0.15, 0.2) is 72.9 Å². The second kappa shape index (κ2) is 49.5. The van der Waals surface area contributed by atoms with Gasteiger partial charge in [0.1, 0.15) is 13.2 Å². The lowest BCUT2D eigenvalue weighted by Crippen LogP contribution is -2.30. The number of hydrogen-bond donors (Lipinski definition) is 0. The molecule has 0 aromatic carbocycles. The second-order valence-corrected chi connectivity index (χ2v) is 16.8. The first-order chi connectivity index (χ1) is 30.0. The van der Waals surface area contributed by atoms with E-state index < -0.39 is 6.10 Å². The van der Waals surface area contributed by atoms with E-state index in [0.29, 0.717) is 19.3 Å². The summed E-state index contributed by atoms with van der Waals surface area (Å²) in [6.45, 7) is 6.46. The minimum Gasteiger partial charge on any atom is -0.462 e. The maximum absolute atomic E-state index is 12.8. The third-order valence-electron chi connectivity index (χ3n) is 10.8. The molecule has 61 heavy (non-hydrogen) atoms. The zero-order valence-corrected chi connectivity index (χ0v) is 39.9. The third-order valence-corrected chi connectivity index (χ3v) is 10.8. The Bertz CT molecular complexity index is 1160. The minimum absolute atomic E-state index is 0.0903. The summed E-state index contributed by atoms with van der Waals surface area (Å²) in [6, 6.07) is 0. The fourth-order valence-electron chi connectivity index (χ4n) is 6.93. The van der Waals surface area contributed by atoms with E-state index in [4.69, 9.17) is 14.2 Å². The van der Waals surface area contributed by atoms with Crippen LogP contribution in [0, 0.1) is 0 Å². The van der Waals surface area contributed by atoms with Crippen LogP contribution in [0.1, 0.15) is 239 Å². The quantitative estimate of drug-likeness (QED) is 0.0200. The molecule has 1 unspecified atom stereocenters.